The van der Waals surface area contributed by atoms with E-state index in [1.54, 1.807) is 0 Å². The number of nitrogens with zero attached hydrogens (tertiary/aromatic N) is 1. The van der Waals surface area contributed by atoms with E-state index >= 15 is 0 Å². The van der Waals surface area contributed by atoms with E-state index in [9.17, 15) is 0 Å². The highest BCUT2D eigenvalue weighted by atomic mass is 15.2. The van der Waals surface area contributed by atoms with Crippen molar-refractivity contribution >= 4 is 0 Å². The third kappa shape index (κ3) is 2.23. The van der Waals surface area contributed by atoms with E-state index in [1.165, 1.54) is 38.8 Å². The topological polar surface area (TPSA) is 15.3 Å². The summed E-state index contributed by atoms with van der Waals surface area (Å²) in [5, 5.41) is 3.77. The minimum absolute atomic E-state index is 0.785. The van der Waals surface area contributed by atoms with Gasteiger partial charge in [-0.3, -0.25) is 0 Å². The summed E-state index contributed by atoms with van der Waals surface area (Å²) in [7, 11) is 2.22. The Morgan fingerprint density at radius 2 is 2.08 bits per heavy atom. The number of hydrogen-bond donors (Lipinski definition) is 1. The van der Waals surface area contributed by atoms with Gasteiger partial charge in [0.1, 0.15) is 0 Å². The van der Waals surface area contributed by atoms with Gasteiger partial charge in [0.05, 0.1) is 0 Å². The van der Waals surface area contributed by atoms with E-state index in [2.05, 4.69) is 24.2 Å². The first kappa shape index (κ1) is 9.47. The monoisotopic (exact) mass is 182 g/mol. The van der Waals surface area contributed by atoms with Crippen molar-refractivity contribution in [2.75, 3.05) is 20.1 Å². The highest BCUT2D eigenvalue weighted by Gasteiger charge is 2.30. The molecule has 0 amide bonds. The Morgan fingerprint density at radius 1 is 1.31 bits per heavy atom. The van der Waals surface area contributed by atoms with Gasteiger partial charge in [-0.05, 0) is 38.8 Å². The minimum Gasteiger partial charge on any atom is -0.310 e. The van der Waals surface area contributed by atoms with E-state index in [-0.39, 0.29) is 0 Å². The lowest BCUT2D eigenvalue weighted by molar-refractivity contribution is 0.200. The molecule has 1 unspecified atom stereocenters. The molecule has 1 atom stereocenters. The Morgan fingerprint density at radius 3 is 2.62 bits per heavy atom. The fraction of sp³-hybridized carbons (Fsp3) is 1.00. The molecule has 0 aromatic rings. The van der Waals surface area contributed by atoms with Crippen molar-refractivity contribution in [1.29, 1.82) is 0 Å². The Balaban J connectivity index is 1.64. The summed E-state index contributed by atoms with van der Waals surface area (Å²) >= 11 is 0. The molecule has 1 N–H and O–H groups in total. The van der Waals surface area contributed by atoms with Crippen LogP contribution in [0, 0.1) is 5.92 Å². The molecule has 2 fully saturated rings. The highest BCUT2D eigenvalue weighted by molar-refractivity contribution is 4.89. The SMILES string of the molecule is CCC1CC(NC2CCN(C)C2)C1. The second-order valence-electron chi connectivity index (χ2n) is 4.86. The summed E-state index contributed by atoms with van der Waals surface area (Å²) in [6, 6.07) is 1.63. The summed E-state index contributed by atoms with van der Waals surface area (Å²) in [5.74, 6) is 1.02. The van der Waals surface area contributed by atoms with E-state index in [0.717, 1.165) is 18.0 Å². The molecule has 2 rings (SSSR count). The lowest BCUT2D eigenvalue weighted by atomic mass is 9.78. The van der Waals surface area contributed by atoms with Gasteiger partial charge in [0.25, 0.3) is 0 Å². The standard InChI is InChI=1S/C11H22N2/c1-3-9-6-11(7-9)12-10-4-5-13(2)8-10/h9-12H,3-8H2,1-2H3. The van der Waals surface area contributed by atoms with Gasteiger partial charge < -0.3 is 10.2 Å². The van der Waals surface area contributed by atoms with Gasteiger partial charge in [-0.1, -0.05) is 13.3 Å². The molecule has 0 radical (unpaired) electrons. The van der Waals surface area contributed by atoms with Crippen molar-refractivity contribution in [1.82, 2.24) is 10.2 Å². The number of hydrogen-bond acceptors (Lipinski definition) is 2. The molecule has 2 heteroatoms. The lowest BCUT2D eigenvalue weighted by Gasteiger charge is -2.37. The maximum Gasteiger partial charge on any atom is 0.0209 e. The third-order valence-corrected chi connectivity index (χ3v) is 3.68. The second kappa shape index (κ2) is 3.97. The molecular formula is C11H22N2. The van der Waals surface area contributed by atoms with Crippen LogP contribution in [0.3, 0.4) is 0 Å². The van der Waals surface area contributed by atoms with Crippen molar-refractivity contribution in [2.24, 2.45) is 5.92 Å². The molecule has 0 spiro atoms. The van der Waals surface area contributed by atoms with E-state index in [1.807, 2.05) is 0 Å². The van der Waals surface area contributed by atoms with E-state index in [0.29, 0.717) is 0 Å². The zero-order chi connectivity index (χ0) is 9.26. The molecule has 2 aliphatic rings. The van der Waals surface area contributed by atoms with Gasteiger partial charge in [0, 0.05) is 18.6 Å². The molecule has 0 bridgehead atoms. The molecule has 0 aromatic carbocycles. The predicted molar refractivity (Wildman–Crippen MR) is 55.8 cm³/mol. The molecule has 1 aliphatic heterocycles. The molecule has 13 heavy (non-hydrogen) atoms. The molecule has 1 saturated heterocycles. The van der Waals surface area contributed by atoms with E-state index < -0.39 is 0 Å². The van der Waals surface area contributed by atoms with Crippen LogP contribution in [-0.4, -0.2) is 37.1 Å². The van der Waals surface area contributed by atoms with Crippen molar-refractivity contribution < 1.29 is 0 Å². The second-order valence-corrected chi connectivity index (χ2v) is 4.86. The zero-order valence-electron chi connectivity index (χ0n) is 8.92. The lowest BCUT2D eigenvalue weighted by Crippen LogP contribution is -2.46. The van der Waals surface area contributed by atoms with E-state index in [4.69, 9.17) is 0 Å². The fourth-order valence-electron chi connectivity index (χ4n) is 2.61. The van der Waals surface area contributed by atoms with Crippen LogP contribution < -0.4 is 5.32 Å². The summed E-state index contributed by atoms with van der Waals surface area (Å²) in [6.45, 7) is 4.85. The third-order valence-electron chi connectivity index (χ3n) is 3.68. The smallest absolute Gasteiger partial charge is 0.0209 e. The average molecular weight is 182 g/mol. The quantitative estimate of drug-likeness (QED) is 0.711. The van der Waals surface area contributed by atoms with Crippen molar-refractivity contribution in [3.8, 4) is 0 Å². The van der Waals surface area contributed by atoms with Gasteiger partial charge in [-0.15, -0.1) is 0 Å². The largest absolute Gasteiger partial charge is 0.310 e. The molecule has 1 heterocycles. The summed E-state index contributed by atoms with van der Waals surface area (Å²) < 4.78 is 0. The number of rotatable bonds is 3. The van der Waals surface area contributed by atoms with Crippen LogP contribution in [0.5, 0.6) is 0 Å². The fourth-order valence-corrected chi connectivity index (χ4v) is 2.61. The number of likely N-dealkylation sites (tertiary alicyclic amines) is 1. The normalized spacial score (nSPS) is 40.6. The first-order valence-corrected chi connectivity index (χ1v) is 5.72. The maximum atomic E-state index is 3.77. The summed E-state index contributed by atoms with van der Waals surface area (Å²) in [6.07, 6.45) is 5.58. The average Bonchev–Trinajstić information content (AvgIpc) is 2.43. The highest BCUT2D eigenvalue weighted by Crippen LogP contribution is 2.30. The Hall–Kier alpha value is -0.0800. The Bertz CT molecular complexity index is 163. The molecule has 1 saturated carbocycles. The number of nitrogens with one attached hydrogen (secondary N) is 1. The molecule has 1 aliphatic carbocycles. The first-order chi connectivity index (χ1) is 6.28. The van der Waals surface area contributed by atoms with Crippen LogP contribution in [0.25, 0.3) is 0 Å². The van der Waals surface area contributed by atoms with Crippen LogP contribution in [0.15, 0.2) is 0 Å². The molecule has 2 nitrogen and oxygen atoms in total. The molecule has 76 valence electrons. The van der Waals surface area contributed by atoms with Gasteiger partial charge in [-0.2, -0.15) is 0 Å². The molecule has 0 aromatic heterocycles. The van der Waals surface area contributed by atoms with Gasteiger partial charge in [0.2, 0.25) is 0 Å². The van der Waals surface area contributed by atoms with Crippen LogP contribution >= 0.6 is 0 Å². The number of likely N-dealkylation sites (N-methyl/N-ethyl adjacent to an activating group) is 1. The zero-order valence-corrected chi connectivity index (χ0v) is 8.92. The van der Waals surface area contributed by atoms with Gasteiger partial charge in [0.15, 0.2) is 0 Å². The predicted octanol–water partition coefficient (Wildman–Crippen LogP) is 1.47. The maximum absolute atomic E-state index is 3.77. The van der Waals surface area contributed by atoms with Crippen LogP contribution in [0.1, 0.15) is 32.6 Å². The van der Waals surface area contributed by atoms with Crippen LogP contribution in [0.2, 0.25) is 0 Å². The van der Waals surface area contributed by atoms with Crippen molar-refractivity contribution in [2.45, 2.75) is 44.7 Å². The Kier molecular flexibility index (Phi) is 2.89. The van der Waals surface area contributed by atoms with Gasteiger partial charge in [-0.25, -0.2) is 0 Å². The molecular weight excluding hydrogens is 160 g/mol. The summed E-state index contributed by atoms with van der Waals surface area (Å²) in [5.41, 5.74) is 0. The van der Waals surface area contributed by atoms with Crippen LogP contribution in [0.4, 0.5) is 0 Å². The van der Waals surface area contributed by atoms with Gasteiger partial charge >= 0.3 is 0 Å². The van der Waals surface area contributed by atoms with Crippen molar-refractivity contribution in [3.63, 3.8) is 0 Å². The van der Waals surface area contributed by atoms with Crippen molar-refractivity contribution in [3.05, 3.63) is 0 Å². The Labute approximate surface area is 81.7 Å². The minimum atomic E-state index is 0.785. The summed E-state index contributed by atoms with van der Waals surface area (Å²) in [4.78, 5) is 2.42. The van der Waals surface area contributed by atoms with Crippen LogP contribution in [-0.2, 0) is 0 Å². The first-order valence-electron chi connectivity index (χ1n) is 5.72.